The first-order valence-corrected chi connectivity index (χ1v) is 7.70. The van der Waals surface area contributed by atoms with Gasteiger partial charge in [0, 0.05) is 44.4 Å². The summed E-state index contributed by atoms with van der Waals surface area (Å²) >= 11 is 0. The van der Waals surface area contributed by atoms with Crippen LogP contribution in [-0.4, -0.2) is 50.9 Å². The van der Waals surface area contributed by atoms with Gasteiger partial charge in [-0.3, -0.25) is 19.5 Å². The summed E-state index contributed by atoms with van der Waals surface area (Å²) in [7, 11) is 1.64. The van der Waals surface area contributed by atoms with Gasteiger partial charge in [0.25, 0.3) is 5.91 Å². The number of aromatic nitrogens is 4. The Hall–Kier alpha value is -2.15. The lowest BCUT2D eigenvalue weighted by atomic mass is 10.0. The number of aromatic amines is 1. The van der Waals surface area contributed by atoms with Gasteiger partial charge in [0.15, 0.2) is 0 Å². The molecule has 118 valence electrons. The van der Waals surface area contributed by atoms with Gasteiger partial charge in [-0.15, -0.1) is 0 Å². The molecule has 0 saturated carbocycles. The van der Waals surface area contributed by atoms with Gasteiger partial charge in [-0.25, -0.2) is 0 Å². The van der Waals surface area contributed by atoms with Crippen molar-refractivity contribution in [1.82, 2.24) is 30.2 Å². The Morgan fingerprint density at radius 2 is 2.36 bits per heavy atom. The van der Waals surface area contributed by atoms with E-state index in [9.17, 15) is 4.79 Å². The van der Waals surface area contributed by atoms with Crippen molar-refractivity contribution in [1.29, 1.82) is 0 Å². The predicted molar refractivity (Wildman–Crippen MR) is 82.5 cm³/mol. The molecule has 3 rings (SSSR count). The summed E-state index contributed by atoms with van der Waals surface area (Å²) in [4.78, 5) is 14.3. The van der Waals surface area contributed by atoms with Crippen molar-refractivity contribution in [2.24, 2.45) is 0 Å². The van der Waals surface area contributed by atoms with E-state index in [2.05, 4.69) is 38.6 Å². The molecular weight excluding hydrogens is 280 g/mol. The van der Waals surface area contributed by atoms with Crippen molar-refractivity contribution in [2.75, 3.05) is 20.1 Å². The molecule has 0 bridgehead atoms. The Labute approximate surface area is 129 Å². The maximum absolute atomic E-state index is 11.9. The van der Waals surface area contributed by atoms with Crippen LogP contribution in [0, 0.1) is 0 Å². The SMILES string of the molecule is CCn1cc(CN2CCC(c3[nH]ncc3C(=O)NC)C2)cn1. The number of carbonyl (C=O) groups is 1. The molecule has 1 aliphatic rings. The molecule has 1 atom stereocenters. The van der Waals surface area contributed by atoms with Gasteiger partial charge in [-0.05, 0) is 19.9 Å². The molecule has 0 aliphatic carbocycles. The lowest BCUT2D eigenvalue weighted by Crippen LogP contribution is -2.22. The van der Waals surface area contributed by atoms with Crippen molar-refractivity contribution in [3.8, 4) is 0 Å². The molecule has 2 N–H and O–H groups in total. The van der Waals surface area contributed by atoms with E-state index < -0.39 is 0 Å². The topological polar surface area (TPSA) is 78.8 Å². The fourth-order valence-electron chi connectivity index (χ4n) is 3.05. The van der Waals surface area contributed by atoms with Crippen LogP contribution in [0.1, 0.15) is 40.9 Å². The molecule has 22 heavy (non-hydrogen) atoms. The number of hydrogen-bond donors (Lipinski definition) is 2. The second-order valence-electron chi connectivity index (χ2n) is 5.70. The van der Waals surface area contributed by atoms with Crippen LogP contribution in [0.5, 0.6) is 0 Å². The summed E-state index contributed by atoms with van der Waals surface area (Å²) in [6.45, 7) is 5.84. The zero-order valence-corrected chi connectivity index (χ0v) is 13.0. The maximum Gasteiger partial charge on any atom is 0.254 e. The molecule has 7 heteroatoms. The number of nitrogens with one attached hydrogen (secondary N) is 2. The van der Waals surface area contributed by atoms with Crippen LogP contribution in [0.3, 0.4) is 0 Å². The van der Waals surface area contributed by atoms with Crippen LogP contribution in [0.25, 0.3) is 0 Å². The highest BCUT2D eigenvalue weighted by molar-refractivity contribution is 5.95. The smallest absolute Gasteiger partial charge is 0.254 e. The van der Waals surface area contributed by atoms with Gasteiger partial charge < -0.3 is 5.32 Å². The number of likely N-dealkylation sites (tertiary alicyclic amines) is 1. The van der Waals surface area contributed by atoms with E-state index in [1.807, 2.05) is 10.9 Å². The molecule has 1 unspecified atom stereocenters. The number of rotatable bonds is 5. The number of hydrogen-bond acceptors (Lipinski definition) is 4. The van der Waals surface area contributed by atoms with E-state index in [4.69, 9.17) is 0 Å². The first kappa shape index (κ1) is 14.8. The average Bonchev–Trinajstić information content (AvgIpc) is 3.26. The molecular formula is C15H22N6O. The number of H-pyrrole nitrogens is 1. The molecule has 0 aromatic carbocycles. The minimum absolute atomic E-state index is 0.0774. The van der Waals surface area contributed by atoms with Gasteiger partial charge >= 0.3 is 0 Å². The number of nitrogens with zero attached hydrogens (tertiary/aromatic N) is 4. The van der Waals surface area contributed by atoms with Crippen LogP contribution < -0.4 is 5.32 Å². The molecule has 2 aromatic heterocycles. The van der Waals surface area contributed by atoms with Crippen LogP contribution in [0.2, 0.25) is 0 Å². The third-order valence-corrected chi connectivity index (χ3v) is 4.24. The Morgan fingerprint density at radius 1 is 1.50 bits per heavy atom. The first-order valence-electron chi connectivity index (χ1n) is 7.70. The Bertz CT molecular complexity index is 646. The van der Waals surface area contributed by atoms with Crippen LogP contribution in [-0.2, 0) is 13.1 Å². The quantitative estimate of drug-likeness (QED) is 0.863. The van der Waals surface area contributed by atoms with Gasteiger partial charge in [-0.1, -0.05) is 0 Å². The normalized spacial score (nSPS) is 18.7. The zero-order chi connectivity index (χ0) is 15.5. The van der Waals surface area contributed by atoms with Crippen LogP contribution in [0.15, 0.2) is 18.6 Å². The van der Waals surface area contributed by atoms with Crippen molar-refractivity contribution in [3.05, 3.63) is 35.4 Å². The fourth-order valence-corrected chi connectivity index (χ4v) is 3.05. The Balaban J connectivity index is 1.65. The molecule has 1 saturated heterocycles. The third-order valence-electron chi connectivity index (χ3n) is 4.24. The summed E-state index contributed by atoms with van der Waals surface area (Å²) in [6, 6.07) is 0. The zero-order valence-electron chi connectivity index (χ0n) is 13.0. The first-order chi connectivity index (χ1) is 10.7. The Kier molecular flexibility index (Phi) is 4.24. The Morgan fingerprint density at radius 3 is 3.09 bits per heavy atom. The number of aryl methyl sites for hydroxylation is 1. The maximum atomic E-state index is 11.9. The largest absolute Gasteiger partial charge is 0.355 e. The summed E-state index contributed by atoms with van der Waals surface area (Å²) < 4.78 is 1.95. The van der Waals surface area contributed by atoms with E-state index >= 15 is 0 Å². The highest BCUT2D eigenvalue weighted by atomic mass is 16.1. The van der Waals surface area contributed by atoms with Gasteiger partial charge in [0.05, 0.1) is 23.7 Å². The second-order valence-corrected chi connectivity index (χ2v) is 5.70. The molecule has 2 aromatic rings. The lowest BCUT2D eigenvalue weighted by molar-refractivity contribution is 0.0961. The van der Waals surface area contributed by atoms with E-state index in [-0.39, 0.29) is 5.91 Å². The van der Waals surface area contributed by atoms with Crippen molar-refractivity contribution in [2.45, 2.75) is 32.4 Å². The van der Waals surface area contributed by atoms with Crippen LogP contribution >= 0.6 is 0 Å². The summed E-state index contributed by atoms with van der Waals surface area (Å²) in [6.07, 6.45) is 6.68. The van der Waals surface area contributed by atoms with E-state index in [1.165, 1.54) is 5.56 Å². The summed E-state index contributed by atoms with van der Waals surface area (Å²) in [5.41, 5.74) is 2.85. The average molecular weight is 302 g/mol. The molecule has 7 nitrogen and oxygen atoms in total. The fraction of sp³-hybridized carbons (Fsp3) is 0.533. The second kappa shape index (κ2) is 6.31. The van der Waals surface area contributed by atoms with Crippen molar-refractivity contribution in [3.63, 3.8) is 0 Å². The monoisotopic (exact) mass is 302 g/mol. The number of carbonyl (C=O) groups excluding carboxylic acids is 1. The predicted octanol–water partition coefficient (Wildman–Crippen LogP) is 0.975. The molecule has 1 aliphatic heterocycles. The lowest BCUT2D eigenvalue weighted by Gasteiger charge is -2.15. The molecule has 0 spiro atoms. The highest BCUT2D eigenvalue weighted by Gasteiger charge is 2.28. The molecule has 1 fully saturated rings. The summed E-state index contributed by atoms with van der Waals surface area (Å²) in [5, 5.41) is 14.0. The van der Waals surface area contributed by atoms with E-state index in [1.54, 1.807) is 13.2 Å². The van der Waals surface area contributed by atoms with Gasteiger partial charge in [0.1, 0.15) is 0 Å². The van der Waals surface area contributed by atoms with Crippen molar-refractivity contribution < 1.29 is 4.79 Å². The molecule has 1 amide bonds. The van der Waals surface area contributed by atoms with E-state index in [0.717, 1.165) is 38.3 Å². The van der Waals surface area contributed by atoms with Gasteiger partial charge in [0.2, 0.25) is 0 Å². The standard InChI is InChI=1S/C15H22N6O/c1-3-21-9-11(6-18-21)8-20-5-4-12(10-20)14-13(7-17-19-14)15(22)16-2/h6-7,9,12H,3-5,8,10H2,1-2H3,(H,16,22)(H,17,19). The highest BCUT2D eigenvalue weighted by Crippen LogP contribution is 2.28. The van der Waals surface area contributed by atoms with Crippen LogP contribution in [0.4, 0.5) is 0 Å². The third kappa shape index (κ3) is 2.89. The minimum atomic E-state index is -0.0774. The van der Waals surface area contributed by atoms with E-state index in [0.29, 0.717) is 11.5 Å². The summed E-state index contributed by atoms with van der Waals surface area (Å²) in [5.74, 6) is 0.252. The molecule has 3 heterocycles. The minimum Gasteiger partial charge on any atom is -0.355 e. The molecule has 0 radical (unpaired) electrons. The number of amides is 1. The van der Waals surface area contributed by atoms with Crippen molar-refractivity contribution >= 4 is 5.91 Å². The van der Waals surface area contributed by atoms with Gasteiger partial charge in [-0.2, -0.15) is 10.2 Å².